The van der Waals surface area contributed by atoms with E-state index < -0.39 is 17.9 Å². The molecule has 0 N–H and O–H groups in total. The number of Topliss-reactive ketones (excluding diaryl/α,β-unsaturated/α-hetero) is 1. The first-order valence-electron chi connectivity index (χ1n) is 5.32. The van der Waals surface area contributed by atoms with Crippen molar-refractivity contribution in [3.05, 3.63) is 34.1 Å². The zero-order chi connectivity index (χ0) is 12.8. The number of ketones is 1. The Morgan fingerprint density at radius 2 is 1.94 bits per heavy atom. The smallest absolute Gasteiger partial charge is 0.222 e. The second kappa shape index (κ2) is 6.83. The van der Waals surface area contributed by atoms with Gasteiger partial charge in [-0.2, -0.15) is 0 Å². The van der Waals surface area contributed by atoms with E-state index in [-0.39, 0.29) is 5.56 Å². The Morgan fingerprint density at radius 3 is 2.47 bits per heavy atom. The molecule has 0 saturated carbocycles. The highest BCUT2D eigenvalue weighted by atomic mass is 79.9. The molecular weight excluding hydrogens is 291 g/mol. The van der Waals surface area contributed by atoms with Crippen molar-refractivity contribution in [1.82, 2.24) is 0 Å². The van der Waals surface area contributed by atoms with E-state index in [1.54, 1.807) is 13.8 Å². The van der Waals surface area contributed by atoms with Crippen molar-refractivity contribution in [2.45, 2.75) is 20.1 Å². The molecule has 94 valence electrons. The van der Waals surface area contributed by atoms with Crippen LogP contribution in [-0.4, -0.2) is 25.3 Å². The highest BCUT2D eigenvalue weighted by Gasteiger charge is 2.23. The summed E-state index contributed by atoms with van der Waals surface area (Å²) in [6.45, 7) is 4.14. The van der Waals surface area contributed by atoms with Crippen LogP contribution in [-0.2, 0) is 9.47 Å². The summed E-state index contributed by atoms with van der Waals surface area (Å²) in [6, 6.07) is 4.18. The number of carbonyl (C=O) groups excluding carboxylic acids is 1. The maximum Gasteiger partial charge on any atom is 0.222 e. The van der Waals surface area contributed by atoms with Gasteiger partial charge in [-0.25, -0.2) is 4.39 Å². The fourth-order valence-electron chi connectivity index (χ4n) is 1.32. The number of ether oxygens (including phenoxy) is 2. The van der Waals surface area contributed by atoms with E-state index in [4.69, 9.17) is 9.47 Å². The lowest BCUT2D eigenvalue weighted by molar-refractivity contribution is -0.107. The van der Waals surface area contributed by atoms with E-state index in [0.717, 1.165) is 0 Å². The van der Waals surface area contributed by atoms with Crippen LogP contribution in [0.5, 0.6) is 0 Å². The molecule has 5 heteroatoms. The molecule has 0 fully saturated rings. The second-order valence-corrected chi connectivity index (χ2v) is 4.15. The van der Waals surface area contributed by atoms with Gasteiger partial charge in [-0.05, 0) is 32.0 Å². The molecule has 0 unspecified atom stereocenters. The second-order valence-electron chi connectivity index (χ2n) is 3.23. The normalized spacial score (nSPS) is 10.9. The number of halogens is 2. The van der Waals surface area contributed by atoms with Crippen LogP contribution in [0.3, 0.4) is 0 Å². The molecule has 17 heavy (non-hydrogen) atoms. The molecule has 3 nitrogen and oxygen atoms in total. The Balaban J connectivity index is 2.95. The van der Waals surface area contributed by atoms with Crippen molar-refractivity contribution in [3.8, 4) is 0 Å². The van der Waals surface area contributed by atoms with Gasteiger partial charge in [-0.1, -0.05) is 15.9 Å². The summed E-state index contributed by atoms with van der Waals surface area (Å²) in [6.07, 6.45) is -1.05. The van der Waals surface area contributed by atoms with E-state index in [1.807, 2.05) is 0 Å². The Kier molecular flexibility index (Phi) is 5.74. The molecule has 1 aromatic carbocycles. The molecule has 0 heterocycles. The van der Waals surface area contributed by atoms with Crippen LogP contribution in [0.4, 0.5) is 4.39 Å². The highest BCUT2D eigenvalue weighted by Crippen LogP contribution is 2.18. The molecule has 0 spiro atoms. The molecule has 0 saturated heterocycles. The van der Waals surface area contributed by atoms with Crippen LogP contribution in [0, 0.1) is 5.82 Å². The van der Waals surface area contributed by atoms with Crippen molar-refractivity contribution in [1.29, 1.82) is 0 Å². The van der Waals surface area contributed by atoms with E-state index in [1.165, 1.54) is 18.2 Å². The molecule has 1 rings (SSSR count). The lowest BCUT2D eigenvalue weighted by Crippen LogP contribution is -2.28. The number of rotatable bonds is 6. The van der Waals surface area contributed by atoms with Gasteiger partial charge in [-0.3, -0.25) is 4.79 Å². The number of hydrogen-bond acceptors (Lipinski definition) is 3. The average molecular weight is 305 g/mol. The molecule has 0 amide bonds. The largest absolute Gasteiger partial charge is 0.346 e. The van der Waals surface area contributed by atoms with Gasteiger partial charge in [0.05, 0.1) is 5.56 Å². The van der Waals surface area contributed by atoms with Crippen molar-refractivity contribution in [3.63, 3.8) is 0 Å². The summed E-state index contributed by atoms with van der Waals surface area (Å²) in [5.74, 6) is -1.09. The maximum absolute atomic E-state index is 13.5. The molecular formula is C12H14BrFO3. The van der Waals surface area contributed by atoms with Gasteiger partial charge >= 0.3 is 0 Å². The van der Waals surface area contributed by atoms with Crippen molar-refractivity contribution in [2.75, 3.05) is 13.2 Å². The van der Waals surface area contributed by atoms with Crippen LogP contribution in [0.25, 0.3) is 0 Å². The molecule has 0 atom stereocenters. The predicted molar refractivity (Wildman–Crippen MR) is 65.5 cm³/mol. The quantitative estimate of drug-likeness (QED) is 0.598. The van der Waals surface area contributed by atoms with E-state index in [0.29, 0.717) is 17.7 Å². The monoisotopic (exact) mass is 304 g/mol. The molecule has 1 aromatic rings. The molecule has 0 aliphatic rings. The molecule has 0 aliphatic carbocycles. The standard InChI is InChI=1S/C12H14BrFO3/c1-3-16-12(17-4-2)11(15)9-7-8(13)5-6-10(9)14/h5-7,12H,3-4H2,1-2H3. The topological polar surface area (TPSA) is 35.5 Å². The van der Waals surface area contributed by atoms with Crippen LogP contribution in [0.15, 0.2) is 22.7 Å². The molecule has 0 radical (unpaired) electrons. The van der Waals surface area contributed by atoms with Gasteiger partial charge in [0.2, 0.25) is 12.1 Å². The zero-order valence-electron chi connectivity index (χ0n) is 9.70. The minimum absolute atomic E-state index is 0.0359. The van der Waals surface area contributed by atoms with Gasteiger partial charge in [-0.15, -0.1) is 0 Å². The van der Waals surface area contributed by atoms with Crippen LogP contribution >= 0.6 is 15.9 Å². The third kappa shape index (κ3) is 3.87. The summed E-state index contributed by atoms with van der Waals surface area (Å²) in [4.78, 5) is 12.0. The maximum atomic E-state index is 13.5. The summed E-state index contributed by atoms with van der Waals surface area (Å²) < 4.78 is 24.4. The number of hydrogen-bond donors (Lipinski definition) is 0. The van der Waals surface area contributed by atoms with E-state index in [2.05, 4.69) is 15.9 Å². The first-order chi connectivity index (χ1) is 8.10. The van der Waals surface area contributed by atoms with Gasteiger partial charge in [0.1, 0.15) is 5.82 Å². The first kappa shape index (κ1) is 14.3. The summed E-state index contributed by atoms with van der Waals surface area (Å²) in [5.41, 5.74) is -0.0359. The minimum Gasteiger partial charge on any atom is -0.346 e. The SMILES string of the molecule is CCOC(OCC)C(=O)c1cc(Br)ccc1F. The highest BCUT2D eigenvalue weighted by molar-refractivity contribution is 9.10. The molecule has 0 bridgehead atoms. The lowest BCUT2D eigenvalue weighted by atomic mass is 10.1. The van der Waals surface area contributed by atoms with Crippen molar-refractivity contribution >= 4 is 21.7 Å². The molecule has 0 aromatic heterocycles. The van der Waals surface area contributed by atoms with Crippen LogP contribution in [0.2, 0.25) is 0 Å². The Hall–Kier alpha value is -0.780. The van der Waals surface area contributed by atoms with Gasteiger partial charge < -0.3 is 9.47 Å². The minimum atomic E-state index is -1.05. The Morgan fingerprint density at radius 1 is 1.35 bits per heavy atom. The lowest BCUT2D eigenvalue weighted by Gasteiger charge is -2.15. The van der Waals surface area contributed by atoms with Crippen molar-refractivity contribution < 1.29 is 18.7 Å². The van der Waals surface area contributed by atoms with Gasteiger partial charge in [0.25, 0.3) is 0 Å². The third-order valence-electron chi connectivity index (χ3n) is 2.04. The summed E-state index contributed by atoms with van der Waals surface area (Å²) in [5, 5.41) is 0. The van der Waals surface area contributed by atoms with Crippen molar-refractivity contribution in [2.24, 2.45) is 0 Å². The first-order valence-corrected chi connectivity index (χ1v) is 6.11. The zero-order valence-corrected chi connectivity index (χ0v) is 11.3. The van der Waals surface area contributed by atoms with Gasteiger partial charge in [0, 0.05) is 17.7 Å². The van der Waals surface area contributed by atoms with Crippen LogP contribution in [0.1, 0.15) is 24.2 Å². The fraction of sp³-hybridized carbons (Fsp3) is 0.417. The Labute approximate surface area is 108 Å². The average Bonchev–Trinajstić information content (AvgIpc) is 2.31. The van der Waals surface area contributed by atoms with Crippen LogP contribution < -0.4 is 0 Å². The summed E-state index contributed by atoms with van der Waals surface area (Å²) in [7, 11) is 0. The third-order valence-corrected chi connectivity index (χ3v) is 2.54. The van der Waals surface area contributed by atoms with E-state index >= 15 is 0 Å². The number of benzene rings is 1. The van der Waals surface area contributed by atoms with E-state index in [9.17, 15) is 9.18 Å². The molecule has 0 aliphatic heterocycles. The summed E-state index contributed by atoms with van der Waals surface area (Å²) >= 11 is 3.19. The predicted octanol–water partition coefficient (Wildman–Crippen LogP) is 3.17. The number of carbonyl (C=O) groups is 1. The van der Waals surface area contributed by atoms with Gasteiger partial charge in [0.15, 0.2) is 0 Å². The fourth-order valence-corrected chi connectivity index (χ4v) is 1.68. The Bertz CT molecular complexity index is 389.